The first-order valence-electron chi connectivity index (χ1n) is 8.89. The molecule has 7 nitrogen and oxygen atoms in total. The Morgan fingerprint density at radius 2 is 1.97 bits per heavy atom. The smallest absolute Gasteiger partial charge is 0.228 e. The molecule has 0 amide bonds. The van der Waals surface area contributed by atoms with Crippen LogP contribution in [0.1, 0.15) is 23.0 Å². The van der Waals surface area contributed by atoms with Crippen LogP contribution in [0.25, 0.3) is 0 Å². The molecule has 2 aromatic carbocycles. The SMILES string of the molecule is N#CC1=C(N)Oc2c(oc(CO)cc2=O)C1c1ccc(Oc2ccccc2)c(F)c1. The molecule has 30 heavy (non-hydrogen) atoms. The summed E-state index contributed by atoms with van der Waals surface area (Å²) in [6.45, 7) is -0.533. The summed E-state index contributed by atoms with van der Waals surface area (Å²) in [5.74, 6) is -1.76. The summed E-state index contributed by atoms with van der Waals surface area (Å²) >= 11 is 0. The molecule has 3 aromatic rings. The molecule has 0 radical (unpaired) electrons. The van der Waals surface area contributed by atoms with Crippen molar-refractivity contribution in [1.29, 1.82) is 5.26 Å². The minimum Gasteiger partial charge on any atom is -0.458 e. The van der Waals surface area contributed by atoms with Crippen LogP contribution in [0.2, 0.25) is 0 Å². The van der Waals surface area contributed by atoms with Crippen molar-refractivity contribution in [3.05, 3.63) is 99.2 Å². The van der Waals surface area contributed by atoms with E-state index in [0.29, 0.717) is 11.3 Å². The van der Waals surface area contributed by atoms with Crippen molar-refractivity contribution >= 4 is 0 Å². The summed E-state index contributed by atoms with van der Waals surface area (Å²) in [5.41, 5.74) is 5.51. The fourth-order valence-corrected chi connectivity index (χ4v) is 3.19. The fourth-order valence-electron chi connectivity index (χ4n) is 3.19. The van der Waals surface area contributed by atoms with Crippen molar-refractivity contribution in [1.82, 2.24) is 0 Å². The van der Waals surface area contributed by atoms with E-state index in [-0.39, 0.29) is 34.5 Å². The van der Waals surface area contributed by atoms with Crippen molar-refractivity contribution < 1.29 is 23.4 Å². The summed E-state index contributed by atoms with van der Waals surface area (Å²) in [4.78, 5) is 12.3. The lowest BCUT2D eigenvalue weighted by atomic mass is 9.87. The van der Waals surface area contributed by atoms with E-state index in [2.05, 4.69) is 0 Å². The Morgan fingerprint density at radius 3 is 2.63 bits per heavy atom. The van der Waals surface area contributed by atoms with Gasteiger partial charge < -0.3 is 24.7 Å². The summed E-state index contributed by atoms with van der Waals surface area (Å²) in [7, 11) is 0. The van der Waals surface area contributed by atoms with E-state index < -0.39 is 23.8 Å². The molecule has 0 saturated heterocycles. The Morgan fingerprint density at radius 1 is 1.20 bits per heavy atom. The molecule has 0 spiro atoms. The Bertz CT molecular complexity index is 1240. The van der Waals surface area contributed by atoms with E-state index in [4.69, 9.17) is 19.6 Å². The van der Waals surface area contributed by atoms with Gasteiger partial charge in [-0.05, 0) is 29.8 Å². The minimum atomic E-state index is -0.988. The van der Waals surface area contributed by atoms with Crippen molar-refractivity contribution in [2.75, 3.05) is 0 Å². The lowest BCUT2D eigenvalue weighted by molar-refractivity contribution is 0.231. The van der Waals surface area contributed by atoms with Crippen molar-refractivity contribution in [3.8, 4) is 23.3 Å². The highest BCUT2D eigenvalue weighted by Crippen LogP contribution is 2.42. The van der Waals surface area contributed by atoms with Crippen molar-refractivity contribution in [2.45, 2.75) is 12.5 Å². The van der Waals surface area contributed by atoms with Gasteiger partial charge in [0.2, 0.25) is 17.1 Å². The highest BCUT2D eigenvalue weighted by molar-refractivity contribution is 5.53. The average molecular weight is 406 g/mol. The first-order valence-corrected chi connectivity index (χ1v) is 8.89. The molecule has 0 aliphatic carbocycles. The number of aliphatic hydroxyl groups excluding tert-OH is 1. The number of rotatable bonds is 4. The molecule has 0 bridgehead atoms. The standard InChI is InChI=1S/C22H15FN2O5/c23-16-8-12(6-7-18(16)28-13-4-2-1-3-5-13)19-15(10-24)22(25)30-20-17(27)9-14(11-26)29-21(19)20/h1-9,19,26H,11,25H2. The van der Waals surface area contributed by atoms with Gasteiger partial charge in [0.1, 0.15) is 29.8 Å². The van der Waals surface area contributed by atoms with Crippen LogP contribution in [0.3, 0.4) is 0 Å². The van der Waals surface area contributed by atoms with E-state index in [1.54, 1.807) is 24.3 Å². The third kappa shape index (κ3) is 3.38. The molecule has 4 rings (SSSR count). The second-order valence-corrected chi connectivity index (χ2v) is 6.46. The van der Waals surface area contributed by atoms with Gasteiger partial charge in [-0.3, -0.25) is 4.79 Å². The second kappa shape index (κ2) is 7.73. The average Bonchev–Trinajstić information content (AvgIpc) is 2.75. The highest BCUT2D eigenvalue weighted by Gasteiger charge is 2.35. The van der Waals surface area contributed by atoms with Gasteiger partial charge in [-0.15, -0.1) is 0 Å². The second-order valence-electron chi connectivity index (χ2n) is 6.46. The molecule has 2 heterocycles. The Labute approximate surface area is 170 Å². The van der Waals surface area contributed by atoms with Crippen LogP contribution in [0.5, 0.6) is 17.2 Å². The third-order valence-corrected chi connectivity index (χ3v) is 4.55. The van der Waals surface area contributed by atoms with Crippen LogP contribution in [0.15, 0.2) is 75.3 Å². The fraction of sp³-hybridized carbons (Fsp3) is 0.0909. The Hall–Kier alpha value is -4.09. The van der Waals surface area contributed by atoms with Crippen LogP contribution in [-0.4, -0.2) is 5.11 Å². The third-order valence-electron chi connectivity index (χ3n) is 4.55. The lowest BCUT2D eigenvalue weighted by Gasteiger charge is -2.25. The van der Waals surface area contributed by atoms with E-state index in [0.717, 1.165) is 6.07 Å². The Balaban J connectivity index is 1.81. The van der Waals surface area contributed by atoms with Gasteiger partial charge in [0.05, 0.1) is 5.92 Å². The molecule has 1 unspecified atom stereocenters. The van der Waals surface area contributed by atoms with Crippen LogP contribution < -0.4 is 20.6 Å². The quantitative estimate of drug-likeness (QED) is 0.682. The largest absolute Gasteiger partial charge is 0.458 e. The normalized spacial score (nSPS) is 15.2. The Kier molecular flexibility index (Phi) is 4.96. The van der Waals surface area contributed by atoms with Crippen LogP contribution in [-0.2, 0) is 6.61 Å². The maximum absolute atomic E-state index is 14.8. The summed E-state index contributed by atoms with van der Waals surface area (Å²) in [5, 5.41) is 18.9. The maximum atomic E-state index is 14.8. The zero-order valence-electron chi connectivity index (χ0n) is 15.5. The number of hydrogen-bond donors (Lipinski definition) is 2. The zero-order valence-corrected chi connectivity index (χ0v) is 15.5. The minimum absolute atomic E-state index is 0.0155. The number of ether oxygens (including phenoxy) is 2. The predicted octanol–water partition coefficient (Wildman–Crippen LogP) is 3.28. The van der Waals surface area contributed by atoms with Gasteiger partial charge >= 0.3 is 0 Å². The number of hydrogen-bond acceptors (Lipinski definition) is 7. The zero-order chi connectivity index (χ0) is 21.3. The number of nitrogens with two attached hydrogens (primary N) is 1. The molecule has 1 atom stereocenters. The number of aliphatic hydroxyl groups is 1. The molecule has 0 fully saturated rings. The molecular formula is C22H15FN2O5. The summed E-state index contributed by atoms with van der Waals surface area (Å²) in [6, 6.07) is 15.8. The number of fused-ring (bicyclic) bond motifs is 1. The van der Waals surface area contributed by atoms with Gasteiger partial charge in [0, 0.05) is 6.07 Å². The molecular weight excluding hydrogens is 391 g/mol. The highest BCUT2D eigenvalue weighted by atomic mass is 19.1. The number of nitriles is 1. The van der Waals surface area contributed by atoms with Gasteiger partial charge in [0.25, 0.3) is 0 Å². The molecule has 1 aliphatic rings. The van der Waals surface area contributed by atoms with E-state index in [1.807, 2.05) is 12.1 Å². The van der Waals surface area contributed by atoms with Gasteiger partial charge in [-0.2, -0.15) is 5.26 Å². The maximum Gasteiger partial charge on any atom is 0.228 e. The predicted molar refractivity (Wildman–Crippen MR) is 103 cm³/mol. The number of nitrogens with zero attached hydrogens (tertiary/aromatic N) is 1. The van der Waals surface area contributed by atoms with Crippen molar-refractivity contribution in [2.24, 2.45) is 5.73 Å². The first kappa shape index (κ1) is 19.2. The molecule has 1 aromatic heterocycles. The van der Waals surface area contributed by atoms with Gasteiger partial charge in [-0.25, -0.2) is 4.39 Å². The van der Waals surface area contributed by atoms with E-state index in [1.165, 1.54) is 18.2 Å². The van der Waals surface area contributed by atoms with Gasteiger partial charge in [-0.1, -0.05) is 24.3 Å². The molecule has 3 N–H and O–H groups in total. The molecule has 0 saturated carbocycles. The number of halogens is 1. The number of benzene rings is 2. The first-order chi connectivity index (χ1) is 14.5. The number of allylic oxidation sites excluding steroid dienone is 1. The summed E-state index contributed by atoms with van der Waals surface area (Å²) in [6.07, 6.45) is 0. The number of para-hydroxylation sites is 1. The molecule has 150 valence electrons. The molecule has 1 aliphatic heterocycles. The van der Waals surface area contributed by atoms with Crippen LogP contribution in [0, 0.1) is 17.1 Å². The monoisotopic (exact) mass is 406 g/mol. The molecule has 8 heteroatoms. The van der Waals surface area contributed by atoms with Crippen molar-refractivity contribution in [3.63, 3.8) is 0 Å². The van der Waals surface area contributed by atoms with E-state index in [9.17, 15) is 19.6 Å². The lowest BCUT2D eigenvalue weighted by Crippen LogP contribution is -2.25. The summed E-state index contributed by atoms with van der Waals surface area (Å²) < 4.78 is 31.2. The van der Waals surface area contributed by atoms with E-state index >= 15 is 0 Å². The van der Waals surface area contributed by atoms with Gasteiger partial charge in [0.15, 0.2) is 17.3 Å². The topological polar surface area (TPSA) is 119 Å². The van der Waals surface area contributed by atoms with Crippen LogP contribution in [0.4, 0.5) is 4.39 Å². The van der Waals surface area contributed by atoms with Crippen LogP contribution >= 0.6 is 0 Å².